The molecule has 1 atom stereocenters. The number of para-hydroxylation sites is 2. The van der Waals surface area contributed by atoms with Gasteiger partial charge in [0.05, 0.1) is 6.17 Å². The van der Waals surface area contributed by atoms with E-state index < -0.39 is 0 Å². The van der Waals surface area contributed by atoms with Crippen LogP contribution < -0.4 is 10.6 Å². The van der Waals surface area contributed by atoms with Crippen LogP contribution in [0.2, 0.25) is 0 Å². The number of anilines is 2. The van der Waals surface area contributed by atoms with E-state index in [1.807, 2.05) is 0 Å². The third kappa shape index (κ3) is 11.2. The third-order valence-corrected chi connectivity index (χ3v) is 6.50. The molecule has 0 saturated carbocycles. The van der Waals surface area contributed by atoms with E-state index in [1.165, 1.54) is 108 Å². The molecule has 0 amide bonds. The fraction of sp³-hybridized carbons (Fsp3) is 0.600. The number of hydrogen-bond acceptors (Lipinski definition) is 2. The molecule has 2 rings (SSSR count). The van der Waals surface area contributed by atoms with Crippen LogP contribution in [0.5, 0.6) is 0 Å². The van der Waals surface area contributed by atoms with Gasteiger partial charge in [-0.15, -0.1) is 0 Å². The standard InChI is InChI=1S/C30H48N2/c1-2-3-4-5-6-7-8-9-10-11-12-13-14-15-22-27-30(31)32(28-23-18-16-19-24-28)29-25-20-17-21-26-29/h16-21,23-26,30H,2-15,22,27,31H2,1H3. The van der Waals surface area contributed by atoms with E-state index in [9.17, 15) is 0 Å². The van der Waals surface area contributed by atoms with Crippen LogP contribution in [0, 0.1) is 0 Å². The number of hydrogen-bond donors (Lipinski definition) is 1. The molecule has 0 aliphatic carbocycles. The van der Waals surface area contributed by atoms with E-state index in [4.69, 9.17) is 5.73 Å². The van der Waals surface area contributed by atoms with Gasteiger partial charge in [0, 0.05) is 11.4 Å². The molecule has 0 fully saturated rings. The van der Waals surface area contributed by atoms with Crippen LogP contribution in [0.4, 0.5) is 11.4 Å². The molecule has 0 spiro atoms. The lowest BCUT2D eigenvalue weighted by molar-refractivity contribution is 0.516. The average Bonchev–Trinajstić information content (AvgIpc) is 2.83. The highest BCUT2D eigenvalue weighted by Gasteiger charge is 2.16. The molecule has 0 aliphatic heterocycles. The van der Waals surface area contributed by atoms with Crippen molar-refractivity contribution in [3.8, 4) is 0 Å². The summed E-state index contributed by atoms with van der Waals surface area (Å²) in [5, 5.41) is 0. The van der Waals surface area contributed by atoms with Crippen molar-refractivity contribution >= 4 is 11.4 Å². The summed E-state index contributed by atoms with van der Waals surface area (Å²) in [6.07, 6.45) is 22.0. The Balaban J connectivity index is 1.53. The van der Waals surface area contributed by atoms with Crippen LogP contribution in [0.15, 0.2) is 60.7 Å². The summed E-state index contributed by atoms with van der Waals surface area (Å²) in [6.45, 7) is 2.29. The van der Waals surface area contributed by atoms with Crippen LogP contribution in [-0.2, 0) is 0 Å². The molecule has 178 valence electrons. The van der Waals surface area contributed by atoms with E-state index in [0.717, 1.165) is 6.42 Å². The highest BCUT2D eigenvalue weighted by Crippen LogP contribution is 2.27. The maximum Gasteiger partial charge on any atom is 0.0820 e. The summed E-state index contributed by atoms with van der Waals surface area (Å²) in [4.78, 5) is 2.28. The number of rotatable bonds is 19. The second-order valence-corrected chi connectivity index (χ2v) is 9.35. The van der Waals surface area contributed by atoms with Crippen molar-refractivity contribution in [1.29, 1.82) is 0 Å². The Morgan fingerprint density at radius 2 is 0.875 bits per heavy atom. The SMILES string of the molecule is CCCCCCCCCCCCCCCCCC(N)N(c1ccccc1)c1ccccc1. The van der Waals surface area contributed by atoms with Crippen LogP contribution >= 0.6 is 0 Å². The minimum absolute atomic E-state index is 0.0155. The van der Waals surface area contributed by atoms with Gasteiger partial charge >= 0.3 is 0 Å². The maximum atomic E-state index is 6.66. The van der Waals surface area contributed by atoms with Gasteiger partial charge in [0.1, 0.15) is 0 Å². The van der Waals surface area contributed by atoms with Crippen LogP contribution in [-0.4, -0.2) is 6.17 Å². The van der Waals surface area contributed by atoms with Crippen molar-refractivity contribution in [2.75, 3.05) is 4.90 Å². The predicted molar refractivity (Wildman–Crippen MR) is 143 cm³/mol. The summed E-state index contributed by atoms with van der Waals surface area (Å²) in [7, 11) is 0. The quantitative estimate of drug-likeness (QED) is 0.175. The molecule has 0 radical (unpaired) electrons. The highest BCUT2D eigenvalue weighted by molar-refractivity contribution is 5.63. The van der Waals surface area contributed by atoms with E-state index in [1.54, 1.807) is 0 Å². The van der Waals surface area contributed by atoms with Gasteiger partial charge in [-0.25, -0.2) is 0 Å². The van der Waals surface area contributed by atoms with Gasteiger partial charge < -0.3 is 10.6 Å². The van der Waals surface area contributed by atoms with Crippen molar-refractivity contribution in [1.82, 2.24) is 0 Å². The first-order valence-electron chi connectivity index (χ1n) is 13.5. The Kier molecular flexibility index (Phi) is 14.6. The molecule has 0 aliphatic rings. The van der Waals surface area contributed by atoms with Gasteiger partial charge in [0.25, 0.3) is 0 Å². The smallest absolute Gasteiger partial charge is 0.0820 e. The zero-order valence-electron chi connectivity index (χ0n) is 20.7. The minimum atomic E-state index is 0.0155. The summed E-state index contributed by atoms with van der Waals surface area (Å²) in [5.74, 6) is 0. The number of nitrogens with zero attached hydrogens (tertiary/aromatic N) is 1. The van der Waals surface area contributed by atoms with Gasteiger partial charge in [-0.1, -0.05) is 140 Å². The molecule has 2 heteroatoms. The van der Waals surface area contributed by atoms with Crippen molar-refractivity contribution in [2.45, 2.75) is 116 Å². The first-order chi connectivity index (χ1) is 15.8. The van der Waals surface area contributed by atoms with Gasteiger partial charge in [-0.05, 0) is 30.7 Å². The Morgan fingerprint density at radius 3 is 1.25 bits per heavy atom. The van der Waals surface area contributed by atoms with Gasteiger partial charge in [0.2, 0.25) is 0 Å². The van der Waals surface area contributed by atoms with Crippen LogP contribution in [0.3, 0.4) is 0 Å². The Morgan fingerprint density at radius 1 is 0.531 bits per heavy atom. The first kappa shape index (κ1) is 26.5. The molecular weight excluding hydrogens is 388 g/mol. The van der Waals surface area contributed by atoms with Crippen LogP contribution in [0.25, 0.3) is 0 Å². The fourth-order valence-corrected chi connectivity index (χ4v) is 4.56. The van der Waals surface area contributed by atoms with Gasteiger partial charge in [0.15, 0.2) is 0 Å². The molecule has 2 aromatic rings. The molecule has 0 saturated heterocycles. The predicted octanol–water partition coefficient (Wildman–Crippen LogP) is 9.37. The Labute approximate surface area is 198 Å². The lowest BCUT2D eigenvalue weighted by Gasteiger charge is -2.31. The zero-order valence-corrected chi connectivity index (χ0v) is 20.7. The van der Waals surface area contributed by atoms with E-state index in [-0.39, 0.29) is 6.17 Å². The zero-order chi connectivity index (χ0) is 22.7. The van der Waals surface area contributed by atoms with Crippen molar-refractivity contribution in [3.63, 3.8) is 0 Å². The van der Waals surface area contributed by atoms with Crippen molar-refractivity contribution in [3.05, 3.63) is 60.7 Å². The number of nitrogens with two attached hydrogens (primary N) is 1. The Bertz CT molecular complexity index is 616. The number of unbranched alkanes of at least 4 members (excludes halogenated alkanes) is 14. The summed E-state index contributed by atoms with van der Waals surface area (Å²) < 4.78 is 0. The molecule has 32 heavy (non-hydrogen) atoms. The van der Waals surface area contributed by atoms with Crippen molar-refractivity contribution in [2.24, 2.45) is 5.73 Å². The molecule has 2 aromatic carbocycles. The summed E-state index contributed by atoms with van der Waals surface area (Å²) >= 11 is 0. The van der Waals surface area contributed by atoms with Gasteiger partial charge in [-0.3, -0.25) is 0 Å². The summed E-state index contributed by atoms with van der Waals surface area (Å²) in [6, 6.07) is 21.1. The maximum absolute atomic E-state index is 6.66. The van der Waals surface area contributed by atoms with Gasteiger partial charge in [-0.2, -0.15) is 0 Å². The lowest BCUT2D eigenvalue weighted by atomic mass is 10.0. The van der Waals surface area contributed by atoms with Crippen molar-refractivity contribution < 1.29 is 0 Å². The average molecular weight is 437 g/mol. The van der Waals surface area contributed by atoms with E-state index >= 15 is 0 Å². The number of benzene rings is 2. The molecule has 0 heterocycles. The first-order valence-corrected chi connectivity index (χ1v) is 13.5. The molecule has 0 aromatic heterocycles. The highest BCUT2D eigenvalue weighted by atomic mass is 15.2. The van der Waals surface area contributed by atoms with Crippen LogP contribution in [0.1, 0.15) is 110 Å². The molecular formula is C30H48N2. The Hall–Kier alpha value is -1.80. The second kappa shape index (κ2) is 17.7. The third-order valence-electron chi connectivity index (χ3n) is 6.50. The summed E-state index contributed by atoms with van der Waals surface area (Å²) in [5.41, 5.74) is 9.01. The topological polar surface area (TPSA) is 29.3 Å². The molecule has 1 unspecified atom stereocenters. The monoisotopic (exact) mass is 436 g/mol. The largest absolute Gasteiger partial charge is 0.326 e. The van der Waals surface area contributed by atoms with E-state index in [0.29, 0.717) is 0 Å². The molecule has 2 N–H and O–H groups in total. The second-order valence-electron chi connectivity index (χ2n) is 9.35. The fourth-order valence-electron chi connectivity index (χ4n) is 4.56. The normalized spacial score (nSPS) is 12.1. The molecule has 0 bridgehead atoms. The molecule has 2 nitrogen and oxygen atoms in total. The van der Waals surface area contributed by atoms with E-state index in [2.05, 4.69) is 72.5 Å². The lowest BCUT2D eigenvalue weighted by Crippen LogP contribution is -2.38. The minimum Gasteiger partial charge on any atom is -0.326 e.